The number of carbonyl (C=O) groups excluding carboxylic acids is 1. The minimum atomic E-state index is -1.08. The Balaban J connectivity index is 1.95. The van der Waals surface area contributed by atoms with Crippen LogP contribution in [0.5, 0.6) is 17.2 Å². The van der Waals surface area contributed by atoms with E-state index in [2.05, 4.69) is 15.8 Å². The molecule has 2 rings (SSSR count). The number of hydrazone groups is 1. The predicted octanol–water partition coefficient (Wildman–Crippen LogP) is 2.71. The number of hydrogen-bond donors (Lipinski definition) is 3. The van der Waals surface area contributed by atoms with Crippen LogP contribution >= 0.6 is 0 Å². The van der Waals surface area contributed by atoms with E-state index in [1.54, 1.807) is 49.6 Å². The molecule has 0 fully saturated rings. The topological polar surface area (TPSA) is 118 Å². The first-order valence-corrected chi connectivity index (χ1v) is 8.24. The summed E-state index contributed by atoms with van der Waals surface area (Å²) in [7, 11) is 3.00. The van der Waals surface area contributed by atoms with E-state index in [1.165, 1.54) is 20.2 Å². The molecule has 3 N–H and O–H groups in total. The van der Waals surface area contributed by atoms with Crippen LogP contribution in [0.1, 0.15) is 12.5 Å². The Morgan fingerprint density at radius 2 is 1.79 bits per heavy atom. The molecule has 1 atom stereocenters. The summed E-state index contributed by atoms with van der Waals surface area (Å²) in [6.45, 7) is 1.42. The molecule has 2 amide bonds. The third-order valence-corrected chi connectivity index (χ3v) is 3.57. The van der Waals surface area contributed by atoms with Gasteiger partial charge in [0, 0.05) is 5.69 Å². The second-order valence-electron chi connectivity index (χ2n) is 5.56. The van der Waals surface area contributed by atoms with Gasteiger partial charge in [0.25, 0.3) is 0 Å². The fourth-order valence-electron chi connectivity index (χ4n) is 2.10. The van der Waals surface area contributed by atoms with Crippen molar-refractivity contribution in [1.82, 2.24) is 5.43 Å². The molecule has 9 nitrogen and oxygen atoms in total. The fraction of sp³-hybridized carbons (Fsp3) is 0.211. The van der Waals surface area contributed by atoms with E-state index < -0.39 is 18.1 Å². The van der Waals surface area contributed by atoms with Crippen LogP contribution in [0.15, 0.2) is 47.6 Å². The lowest BCUT2D eigenvalue weighted by atomic mass is 10.2. The summed E-state index contributed by atoms with van der Waals surface area (Å²) in [5, 5.41) is 15.4. The Bertz CT molecular complexity index is 851. The van der Waals surface area contributed by atoms with Gasteiger partial charge in [0.1, 0.15) is 5.75 Å². The number of aliphatic carboxylic acids is 1. The van der Waals surface area contributed by atoms with Crippen molar-refractivity contribution in [2.24, 2.45) is 5.10 Å². The van der Waals surface area contributed by atoms with Gasteiger partial charge in [0.2, 0.25) is 0 Å². The van der Waals surface area contributed by atoms with Crippen LogP contribution in [0, 0.1) is 0 Å². The Labute approximate surface area is 161 Å². The molecule has 0 aliphatic heterocycles. The summed E-state index contributed by atoms with van der Waals surface area (Å²) in [5.74, 6) is 0.238. The number of anilines is 1. The summed E-state index contributed by atoms with van der Waals surface area (Å²) in [4.78, 5) is 22.8. The van der Waals surface area contributed by atoms with Crippen molar-refractivity contribution in [3.05, 3.63) is 48.0 Å². The molecule has 0 spiro atoms. The molecule has 0 radical (unpaired) electrons. The molecule has 0 saturated heterocycles. The second-order valence-corrected chi connectivity index (χ2v) is 5.56. The average molecular weight is 387 g/mol. The van der Waals surface area contributed by atoms with E-state index in [1.807, 2.05) is 0 Å². The molecule has 2 aromatic carbocycles. The molecular weight excluding hydrogens is 366 g/mol. The Morgan fingerprint density at radius 3 is 2.39 bits per heavy atom. The maximum Gasteiger partial charge on any atom is 0.344 e. The molecular formula is C19H21N3O6. The minimum absolute atomic E-state index is 0.291. The highest BCUT2D eigenvalue weighted by molar-refractivity contribution is 5.90. The van der Waals surface area contributed by atoms with E-state index in [0.29, 0.717) is 28.5 Å². The van der Waals surface area contributed by atoms with Crippen LogP contribution in [0.4, 0.5) is 10.5 Å². The smallest absolute Gasteiger partial charge is 0.344 e. The predicted molar refractivity (Wildman–Crippen MR) is 103 cm³/mol. The van der Waals surface area contributed by atoms with Crippen molar-refractivity contribution >= 4 is 23.9 Å². The molecule has 0 aliphatic rings. The second kappa shape index (κ2) is 9.81. The van der Waals surface area contributed by atoms with Gasteiger partial charge in [-0.05, 0) is 55.0 Å². The van der Waals surface area contributed by atoms with Gasteiger partial charge in [0.15, 0.2) is 17.6 Å². The molecule has 0 aliphatic carbocycles. The number of carbonyl (C=O) groups is 2. The normalized spacial score (nSPS) is 11.5. The van der Waals surface area contributed by atoms with Gasteiger partial charge in [-0.1, -0.05) is 0 Å². The first-order valence-electron chi connectivity index (χ1n) is 8.24. The number of benzene rings is 2. The van der Waals surface area contributed by atoms with Crippen LogP contribution in [-0.2, 0) is 4.79 Å². The largest absolute Gasteiger partial charge is 0.497 e. The molecule has 0 saturated carbocycles. The number of nitrogens with zero attached hydrogens (tertiary/aromatic N) is 1. The highest BCUT2D eigenvalue weighted by Crippen LogP contribution is 2.28. The summed E-state index contributed by atoms with van der Waals surface area (Å²) < 4.78 is 15.6. The Hall–Kier alpha value is -3.75. The number of urea groups is 1. The molecule has 0 heterocycles. The van der Waals surface area contributed by atoms with Crippen LogP contribution in [0.3, 0.4) is 0 Å². The molecule has 28 heavy (non-hydrogen) atoms. The molecule has 0 bridgehead atoms. The maximum atomic E-state index is 11.9. The third-order valence-electron chi connectivity index (χ3n) is 3.57. The summed E-state index contributed by atoms with van der Waals surface area (Å²) in [6.07, 6.45) is 0.400. The van der Waals surface area contributed by atoms with E-state index >= 15 is 0 Å². The lowest BCUT2D eigenvalue weighted by Gasteiger charge is -2.14. The number of amides is 2. The van der Waals surface area contributed by atoms with Gasteiger partial charge in [-0.3, -0.25) is 0 Å². The zero-order valence-electron chi connectivity index (χ0n) is 15.6. The van der Waals surface area contributed by atoms with Crippen molar-refractivity contribution in [1.29, 1.82) is 0 Å². The SMILES string of the molecule is COc1ccc(NC(=O)N/N=C/c2ccc(O[C@H](C)C(=O)O)c(OC)c2)cc1. The van der Waals surface area contributed by atoms with E-state index in [4.69, 9.17) is 19.3 Å². The number of ether oxygens (including phenoxy) is 3. The van der Waals surface area contributed by atoms with E-state index in [0.717, 1.165) is 0 Å². The van der Waals surface area contributed by atoms with Gasteiger partial charge in [-0.25, -0.2) is 15.0 Å². The Kier molecular flexibility index (Phi) is 7.21. The monoisotopic (exact) mass is 387 g/mol. The van der Waals surface area contributed by atoms with Crippen molar-refractivity contribution in [2.75, 3.05) is 19.5 Å². The zero-order valence-corrected chi connectivity index (χ0v) is 15.6. The van der Waals surface area contributed by atoms with Crippen LogP contribution < -0.4 is 25.0 Å². The number of nitrogens with one attached hydrogen (secondary N) is 2. The quantitative estimate of drug-likeness (QED) is 0.473. The van der Waals surface area contributed by atoms with Crippen molar-refractivity contribution in [3.8, 4) is 17.2 Å². The molecule has 0 unspecified atom stereocenters. The van der Waals surface area contributed by atoms with Crippen LogP contribution in [0.2, 0.25) is 0 Å². The maximum absolute atomic E-state index is 11.9. The van der Waals surface area contributed by atoms with Gasteiger partial charge in [-0.2, -0.15) is 5.10 Å². The van der Waals surface area contributed by atoms with E-state index in [-0.39, 0.29) is 0 Å². The number of rotatable bonds is 8. The van der Waals surface area contributed by atoms with Crippen molar-refractivity contribution in [3.63, 3.8) is 0 Å². The van der Waals surface area contributed by atoms with Crippen molar-refractivity contribution < 1.29 is 28.9 Å². The zero-order chi connectivity index (χ0) is 20.5. The number of methoxy groups -OCH3 is 2. The number of hydrogen-bond acceptors (Lipinski definition) is 6. The number of carboxylic acid groups (broad SMARTS) is 1. The first-order chi connectivity index (χ1) is 13.4. The van der Waals surface area contributed by atoms with Gasteiger partial charge in [0.05, 0.1) is 20.4 Å². The van der Waals surface area contributed by atoms with Gasteiger partial charge < -0.3 is 24.6 Å². The standard InChI is InChI=1S/C19H21N3O6/c1-12(18(23)24)28-16-9-4-13(10-17(16)27-3)11-20-22-19(25)21-14-5-7-15(26-2)8-6-14/h4-12H,1-3H3,(H,23,24)(H2,21,22,25)/b20-11+/t12-/m1/s1. The first kappa shape index (κ1) is 20.6. The minimum Gasteiger partial charge on any atom is -0.497 e. The van der Waals surface area contributed by atoms with Gasteiger partial charge >= 0.3 is 12.0 Å². The molecule has 148 valence electrons. The summed E-state index contributed by atoms with van der Waals surface area (Å²) in [6, 6.07) is 11.2. The summed E-state index contributed by atoms with van der Waals surface area (Å²) in [5.41, 5.74) is 3.56. The lowest BCUT2D eigenvalue weighted by Crippen LogP contribution is -2.24. The lowest BCUT2D eigenvalue weighted by molar-refractivity contribution is -0.144. The molecule has 0 aromatic heterocycles. The Morgan fingerprint density at radius 1 is 1.07 bits per heavy atom. The third kappa shape index (κ3) is 5.90. The van der Waals surface area contributed by atoms with Crippen LogP contribution in [-0.4, -0.2) is 43.6 Å². The fourth-order valence-corrected chi connectivity index (χ4v) is 2.10. The number of carboxylic acids is 1. The van der Waals surface area contributed by atoms with Crippen molar-refractivity contribution in [2.45, 2.75) is 13.0 Å². The van der Waals surface area contributed by atoms with Gasteiger partial charge in [-0.15, -0.1) is 0 Å². The summed E-state index contributed by atoms with van der Waals surface area (Å²) >= 11 is 0. The average Bonchev–Trinajstić information content (AvgIpc) is 2.69. The molecule has 9 heteroatoms. The highest BCUT2D eigenvalue weighted by Gasteiger charge is 2.15. The van der Waals surface area contributed by atoms with Crippen LogP contribution in [0.25, 0.3) is 0 Å². The van der Waals surface area contributed by atoms with E-state index in [9.17, 15) is 9.59 Å². The highest BCUT2D eigenvalue weighted by atomic mass is 16.5. The molecule has 2 aromatic rings.